The number of rotatable bonds is 10. The fourth-order valence-electron chi connectivity index (χ4n) is 6.94. The van der Waals surface area contributed by atoms with Crippen molar-refractivity contribution >= 4 is 14.6 Å². The molecule has 0 atom stereocenters. The van der Waals surface area contributed by atoms with E-state index in [9.17, 15) is 0 Å². The van der Waals surface area contributed by atoms with Gasteiger partial charge in [0.15, 0.2) is 0 Å². The summed E-state index contributed by atoms with van der Waals surface area (Å²) < 4.78 is 3.70. The number of nitrogens with zero attached hydrogens (tertiary/aromatic N) is 2. The van der Waals surface area contributed by atoms with Crippen LogP contribution < -0.4 is 34.6 Å². The normalized spacial score (nSPS) is 12.7. The van der Waals surface area contributed by atoms with Gasteiger partial charge in [-0.3, -0.25) is 0 Å². The zero-order valence-corrected chi connectivity index (χ0v) is 30.2. The number of fused-ring (bicyclic) bond motifs is 3. The molecule has 0 N–H and O–H groups in total. The third kappa shape index (κ3) is 6.48. The first-order valence-electron chi connectivity index (χ1n) is 15.7. The smallest absolute Gasteiger partial charge is 1.00 e. The van der Waals surface area contributed by atoms with Crippen LogP contribution >= 0.6 is 0 Å². The molecule has 0 heterocycles. The zero-order chi connectivity index (χ0) is 29.1. The molecule has 0 unspecified atom stereocenters. The van der Waals surface area contributed by atoms with Gasteiger partial charge in [0.1, 0.15) is 0 Å². The predicted octanol–water partition coefficient (Wildman–Crippen LogP) is 3.19. The number of anilines is 2. The molecule has 4 aromatic carbocycles. The van der Waals surface area contributed by atoms with Crippen molar-refractivity contribution in [2.24, 2.45) is 0 Å². The van der Waals surface area contributed by atoms with E-state index in [4.69, 9.17) is 0 Å². The summed E-state index contributed by atoms with van der Waals surface area (Å²) in [7, 11) is 0. The van der Waals surface area contributed by atoms with Crippen molar-refractivity contribution in [3.8, 4) is 11.1 Å². The van der Waals surface area contributed by atoms with Gasteiger partial charge in [-0.15, -0.1) is 0 Å². The van der Waals surface area contributed by atoms with E-state index in [0.717, 1.165) is 32.6 Å². The minimum atomic E-state index is -2.69. The van der Waals surface area contributed by atoms with Crippen LogP contribution in [0.25, 0.3) is 11.1 Å². The minimum Gasteiger partial charge on any atom is -1.00 e. The van der Waals surface area contributed by atoms with Gasteiger partial charge in [0.05, 0.1) is 0 Å². The van der Waals surface area contributed by atoms with Crippen molar-refractivity contribution in [1.29, 1.82) is 0 Å². The molecule has 2 aliphatic rings. The fourth-order valence-corrected chi connectivity index (χ4v) is 15.9. The van der Waals surface area contributed by atoms with E-state index < -0.39 is 21.3 Å². The number of hydrogen-bond acceptors (Lipinski definition) is 2. The van der Waals surface area contributed by atoms with Crippen molar-refractivity contribution in [3.63, 3.8) is 0 Å². The number of halogens is 2. The molecule has 6 rings (SSSR count). The molecule has 5 heteroatoms. The van der Waals surface area contributed by atoms with Gasteiger partial charge in [0, 0.05) is 0 Å². The molecule has 4 aromatic rings. The van der Waals surface area contributed by atoms with Gasteiger partial charge >= 0.3 is 262 Å². The Morgan fingerprint density at radius 3 is 1.48 bits per heavy atom. The number of allylic oxidation sites excluding steroid dienone is 4. The van der Waals surface area contributed by atoms with Crippen molar-refractivity contribution in [3.05, 3.63) is 141 Å². The van der Waals surface area contributed by atoms with Crippen LogP contribution in [0.3, 0.4) is 0 Å². The van der Waals surface area contributed by atoms with Crippen LogP contribution in [0.4, 0.5) is 11.4 Å². The summed E-state index contributed by atoms with van der Waals surface area (Å²) in [6.45, 7) is 13.2. The van der Waals surface area contributed by atoms with E-state index in [1.54, 1.807) is 6.49 Å². The summed E-state index contributed by atoms with van der Waals surface area (Å²) >= 11 is -2.69. The molecule has 0 aromatic heterocycles. The molecule has 0 amide bonds. The fraction of sp³-hybridized carbons (Fsp3) is 0.256. The van der Waals surface area contributed by atoms with Crippen molar-refractivity contribution in [2.75, 3.05) is 36.0 Å². The Morgan fingerprint density at radius 1 is 0.636 bits per heavy atom. The SMILES string of the molecule is CCN(CC)c1ccc2c(c1)[CH]([Zr+2]([C]1=CC=CC1)=[C](c1ccccc1)c1ccccc1)c1cc(N(CC)CC)ccc1-2.[Cl-].[Cl-]. The van der Waals surface area contributed by atoms with E-state index in [1.807, 2.05) is 0 Å². The van der Waals surface area contributed by atoms with Crippen LogP contribution in [0.15, 0.2) is 119 Å². The second-order valence-electron chi connectivity index (χ2n) is 11.2. The van der Waals surface area contributed by atoms with Crippen molar-refractivity contribution < 1.29 is 46.1 Å². The standard InChI is InChI=1S/C21H27N2.C13H10.C5H5.2ClH.Zr/c1-5-22(6-2)18-9-11-20-16(14-18)13-17-15-19(10-12-21(17)20)23(7-3)8-4;1-3-7-12(8-4-1)11-13-9-5-2-6-10-13;1-2-4-5-3-1;;;/h9-15H,5-8H2,1-4H3;1-10H;1-3H,4H2;2*1H;/q;;;;;+2/p-2. The van der Waals surface area contributed by atoms with Gasteiger partial charge in [-0.1, -0.05) is 0 Å². The Morgan fingerprint density at radius 2 is 1.09 bits per heavy atom. The maximum atomic E-state index is 2.56. The van der Waals surface area contributed by atoms with Gasteiger partial charge in [-0.05, 0) is 0 Å². The molecule has 2 nitrogen and oxygen atoms in total. The first-order chi connectivity index (χ1) is 20.7. The van der Waals surface area contributed by atoms with E-state index >= 15 is 0 Å². The van der Waals surface area contributed by atoms with Crippen LogP contribution in [0, 0.1) is 0 Å². The third-order valence-electron chi connectivity index (χ3n) is 9.04. The summed E-state index contributed by atoms with van der Waals surface area (Å²) in [5.74, 6) is 0. The molecule has 0 fully saturated rings. The molecule has 0 spiro atoms. The minimum absolute atomic E-state index is 0. The maximum Gasteiger partial charge on any atom is -1.00 e. The van der Waals surface area contributed by atoms with Gasteiger partial charge < -0.3 is 24.8 Å². The molecule has 0 radical (unpaired) electrons. The Kier molecular flexibility index (Phi) is 12.1. The Labute approximate surface area is 284 Å². The van der Waals surface area contributed by atoms with Gasteiger partial charge in [0.2, 0.25) is 0 Å². The van der Waals surface area contributed by atoms with E-state index in [2.05, 4.69) is 153 Å². The Hall–Kier alpha value is -2.71. The molecular formula is C39H42Cl2N2Zr. The second kappa shape index (κ2) is 15.5. The summed E-state index contributed by atoms with van der Waals surface area (Å²) in [5.41, 5.74) is 11.4. The zero-order valence-electron chi connectivity index (χ0n) is 26.2. The average Bonchev–Trinajstić information content (AvgIpc) is 3.68. The maximum absolute atomic E-state index is 2.69. The average molecular weight is 701 g/mol. The number of hydrogen-bond donors (Lipinski definition) is 0. The van der Waals surface area contributed by atoms with Gasteiger partial charge in [-0.2, -0.15) is 0 Å². The van der Waals surface area contributed by atoms with Crippen LogP contribution in [-0.2, 0) is 21.3 Å². The van der Waals surface area contributed by atoms with Crippen LogP contribution in [0.2, 0.25) is 0 Å². The first-order valence-corrected chi connectivity index (χ1v) is 19.5. The van der Waals surface area contributed by atoms with Gasteiger partial charge in [-0.25, -0.2) is 0 Å². The van der Waals surface area contributed by atoms with Gasteiger partial charge in [0.25, 0.3) is 0 Å². The largest absolute Gasteiger partial charge is 1.00 e. The van der Waals surface area contributed by atoms with Crippen LogP contribution in [0.5, 0.6) is 0 Å². The summed E-state index contributed by atoms with van der Waals surface area (Å²) in [6.07, 6.45) is 8.23. The topological polar surface area (TPSA) is 6.48 Å². The predicted molar refractivity (Wildman–Crippen MR) is 179 cm³/mol. The summed E-state index contributed by atoms with van der Waals surface area (Å²) in [5, 5.41) is 0. The molecule has 44 heavy (non-hydrogen) atoms. The molecule has 0 saturated heterocycles. The van der Waals surface area contributed by atoms with Crippen molar-refractivity contribution in [2.45, 2.75) is 37.7 Å². The van der Waals surface area contributed by atoms with E-state index in [-0.39, 0.29) is 24.8 Å². The quantitative estimate of drug-likeness (QED) is 0.251. The molecule has 2 aliphatic carbocycles. The van der Waals surface area contributed by atoms with Crippen LogP contribution in [0.1, 0.15) is 60.0 Å². The molecule has 0 bridgehead atoms. The number of benzene rings is 4. The van der Waals surface area contributed by atoms with E-state index in [0.29, 0.717) is 3.63 Å². The molecule has 0 saturated carbocycles. The Balaban J connectivity index is 0.00000221. The Bertz CT molecular complexity index is 1550. The van der Waals surface area contributed by atoms with Crippen molar-refractivity contribution in [1.82, 2.24) is 0 Å². The molecular weight excluding hydrogens is 659 g/mol. The monoisotopic (exact) mass is 698 g/mol. The summed E-state index contributed by atoms with van der Waals surface area (Å²) in [6, 6.07) is 37.2. The third-order valence-corrected chi connectivity index (χ3v) is 17.3. The second-order valence-corrected chi connectivity index (χ2v) is 17.4. The first kappa shape index (κ1) is 34.2. The van der Waals surface area contributed by atoms with E-state index in [1.165, 1.54) is 44.8 Å². The van der Waals surface area contributed by atoms with Crippen LogP contribution in [-0.4, -0.2) is 29.4 Å². The summed E-state index contributed by atoms with van der Waals surface area (Å²) in [4.78, 5) is 5.00. The molecule has 226 valence electrons. The molecule has 0 aliphatic heterocycles.